The summed E-state index contributed by atoms with van der Waals surface area (Å²) in [5.41, 5.74) is 3.25. The molecule has 21 heavy (non-hydrogen) atoms. The van der Waals surface area contributed by atoms with Crippen molar-refractivity contribution in [2.45, 2.75) is 38.5 Å². The molecule has 1 aliphatic rings. The first-order valence-electron chi connectivity index (χ1n) is 7.10. The van der Waals surface area contributed by atoms with Crippen molar-refractivity contribution in [3.63, 3.8) is 0 Å². The Balaban J connectivity index is 1.61. The Kier molecular flexibility index (Phi) is 4.48. The molecule has 2 aromatic rings. The first kappa shape index (κ1) is 15.2. The lowest BCUT2D eigenvalue weighted by molar-refractivity contribution is 0.102. The summed E-state index contributed by atoms with van der Waals surface area (Å²) >= 11 is 9.16. The van der Waals surface area contributed by atoms with E-state index in [0.29, 0.717) is 11.8 Å². The van der Waals surface area contributed by atoms with Crippen LogP contribution in [0, 0.1) is 13.8 Å². The third-order valence-corrected chi connectivity index (χ3v) is 6.20. The van der Waals surface area contributed by atoms with Crippen molar-refractivity contribution < 1.29 is 4.79 Å². The molecule has 1 saturated carbocycles. The number of carbonyl (C=O) groups is 1. The second kappa shape index (κ2) is 6.19. The standard InChI is InChI=1S/C16H18ClNOS2/c1-10-7-14(11(2)18(10)12-3-4-12)15(19)9-20-8-13-5-6-16(17)21-13/h5-7,12H,3-4,8-9H2,1-2H3. The molecule has 2 heterocycles. The zero-order chi connectivity index (χ0) is 15.0. The van der Waals surface area contributed by atoms with E-state index in [1.165, 1.54) is 23.4 Å². The fourth-order valence-electron chi connectivity index (χ4n) is 2.71. The largest absolute Gasteiger partial charge is 0.345 e. The third-order valence-electron chi connectivity index (χ3n) is 3.80. The molecule has 2 aromatic heterocycles. The van der Waals surface area contributed by atoms with Crippen LogP contribution < -0.4 is 0 Å². The number of hydrogen-bond donors (Lipinski definition) is 0. The predicted octanol–water partition coefficient (Wildman–Crippen LogP) is 5.27. The maximum absolute atomic E-state index is 12.4. The van der Waals surface area contributed by atoms with Crippen LogP contribution in [0.1, 0.15) is 45.5 Å². The Hall–Kier alpha value is -0.710. The summed E-state index contributed by atoms with van der Waals surface area (Å²) in [6.45, 7) is 4.17. The molecular weight excluding hydrogens is 322 g/mol. The zero-order valence-corrected chi connectivity index (χ0v) is 14.6. The van der Waals surface area contributed by atoms with E-state index < -0.39 is 0 Å². The van der Waals surface area contributed by atoms with Gasteiger partial charge in [-0.2, -0.15) is 0 Å². The van der Waals surface area contributed by atoms with Crippen molar-refractivity contribution in [1.29, 1.82) is 0 Å². The van der Waals surface area contributed by atoms with Gasteiger partial charge in [-0.15, -0.1) is 23.1 Å². The highest BCUT2D eigenvalue weighted by molar-refractivity contribution is 7.99. The Labute approximate surface area is 138 Å². The number of aryl methyl sites for hydroxylation is 1. The summed E-state index contributed by atoms with van der Waals surface area (Å²) in [7, 11) is 0. The Bertz CT molecular complexity index is 670. The molecule has 1 fully saturated rings. The maximum atomic E-state index is 12.4. The second-order valence-electron chi connectivity index (χ2n) is 5.51. The highest BCUT2D eigenvalue weighted by Gasteiger charge is 2.28. The number of aromatic nitrogens is 1. The van der Waals surface area contributed by atoms with E-state index in [1.807, 2.05) is 12.1 Å². The lowest BCUT2D eigenvalue weighted by atomic mass is 10.2. The molecule has 0 unspecified atom stereocenters. The van der Waals surface area contributed by atoms with E-state index >= 15 is 0 Å². The van der Waals surface area contributed by atoms with E-state index in [2.05, 4.69) is 24.5 Å². The Morgan fingerprint density at radius 2 is 2.19 bits per heavy atom. The predicted molar refractivity (Wildman–Crippen MR) is 92.0 cm³/mol. The van der Waals surface area contributed by atoms with Crippen molar-refractivity contribution in [2.24, 2.45) is 0 Å². The van der Waals surface area contributed by atoms with Crippen LogP contribution in [-0.2, 0) is 5.75 Å². The highest BCUT2D eigenvalue weighted by atomic mass is 35.5. The molecule has 1 aliphatic carbocycles. The smallest absolute Gasteiger partial charge is 0.174 e. The van der Waals surface area contributed by atoms with Gasteiger partial charge in [0, 0.05) is 33.6 Å². The molecule has 0 bridgehead atoms. The molecule has 0 atom stereocenters. The monoisotopic (exact) mass is 339 g/mol. The summed E-state index contributed by atoms with van der Waals surface area (Å²) in [6, 6.07) is 6.63. The number of ketones is 1. The molecule has 5 heteroatoms. The molecule has 3 rings (SSSR count). The van der Waals surface area contributed by atoms with Gasteiger partial charge in [-0.05, 0) is 44.9 Å². The molecule has 0 spiro atoms. The number of thioether (sulfide) groups is 1. The quantitative estimate of drug-likeness (QED) is 0.669. The fraction of sp³-hybridized carbons (Fsp3) is 0.438. The maximum Gasteiger partial charge on any atom is 0.174 e. The first-order chi connectivity index (χ1) is 10.1. The number of nitrogens with zero attached hydrogens (tertiary/aromatic N) is 1. The van der Waals surface area contributed by atoms with Crippen molar-refractivity contribution in [3.05, 3.63) is 44.4 Å². The van der Waals surface area contributed by atoms with Crippen LogP contribution in [0.4, 0.5) is 0 Å². The van der Waals surface area contributed by atoms with Gasteiger partial charge in [-0.3, -0.25) is 4.79 Å². The van der Waals surface area contributed by atoms with Crippen molar-refractivity contribution in [1.82, 2.24) is 4.57 Å². The fourth-order valence-corrected chi connectivity index (χ4v) is 4.81. The minimum atomic E-state index is 0.239. The van der Waals surface area contributed by atoms with Gasteiger partial charge in [-0.1, -0.05) is 11.6 Å². The van der Waals surface area contributed by atoms with E-state index in [-0.39, 0.29) is 5.78 Å². The number of Topliss-reactive ketones (excluding diaryl/α,β-unsaturated/α-hetero) is 1. The number of thiophene rings is 1. The number of carbonyl (C=O) groups excluding carboxylic acids is 1. The van der Waals surface area contributed by atoms with Gasteiger partial charge in [0.05, 0.1) is 10.1 Å². The van der Waals surface area contributed by atoms with Gasteiger partial charge in [0.15, 0.2) is 5.78 Å². The van der Waals surface area contributed by atoms with Crippen molar-refractivity contribution in [2.75, 3.05) is 5.75 Å². The molecule has 0 N–H and O–H groups in total. The van der Waals surface area contributed by atoms with Gasteiger partial charge in [0.2, 0.25) is 0 Å². The van der Waals surface area contributed by atoms with Gasteiger partial charge < -0.3 is 4.57 Å². The number of hydrogen-bond acceptors (Lipinski definition) is 3. The minimum Gasteiger partial charge on any atom is -0.345 e. The number of halogens is 1. The normalized spacial score (nSPS) is 14.6. The molecule has 0 saturated heterocycles. The molecular formula is C16H18ClNOS2. The van der Waals surface area contributed by atoms with Crippen LogP contribution >= 0.6 is 34.7 Å². The lowest BCUT2D eigenvalue weighted by Crippen LogP contribution is -2.05. The van der Waals surface area contributed by atoms with Crippen LogP contribution in [0.25, 0.3) is 0 Å². The lowest BCUT2D eigenvalue weighted by Gasteiger charge is -2.07. The van der Waals surface area contributed by atoms with Crippen molar-refractivity contribution >= 4 is 40.5 Å². The summed E-state index contributed by atoms with van der Waals surface area (Å²) < 4.78 is 3.14. The molecule has 2 nitrogen and oxygen atoms in total. The third kappa shape index (κ3) is 3.38. The minimum absolute atomic E-state index is 0.239. The van der Waals surface area contributed by atoms with Crippen molar-refractivity contribution in [3.8, 4) is 0 Å². The van der Waals surface area contributed by atoms with Gasteiger partial charge in [-0.25, -0.2) is 0 Å². The summed E-state index contributed by atoms with van der Waals surface area (Å²) in [6.07, 6.45) is 2.50. The SMILES string of the molecule is Cc1cc(C(=O)CSCc2ccc(Cl)s2)c(C)n1C1CC1. The number of rotatable bonds is 6. The van der Waals surface area contributed by atoms with Gasteiger partial charge in [0.1, 0.15) is 0 Å². The van der Waals surface area contributed by atoms with Gasteiger partial charge >= 0.3 is 0 Å². The second-order valence-corrected chi connectivity index (χ2v) is 8.29. The van der Waals surface area contributed by atoms with Crippen LogP contribution in [-0.4, -0.2) is 16.1 Å². The van der Waals surface area contributed by atoms with Crippen LogP contribution in [0.5, 0.6) is 0 Å². The summed E-state index contributed by atoms with van der Waals surface area (Å²) in [5.74, 6) is 1.62. The Morgan fingerprint density at radius 1 is 1.43 bits per heavy atom. The topological polar surface area (TPSA) is 22.0 Å². The average Bonchev–Trinajstić information content (AvgIpc) is 3.11. The average molecular weight is 340 g/mol. The van der Waals surface area contributed by atoms with E-state index in [0.717, 1.165) is 21.3 Å². The molecule has 0 aliphatic heterocycles. The first-order valence-corrected chi connectivity index (χ1v) is 9.44. The highest BCUT2D eigenvalue weighted by Crippen LogP contribution is 2.38. The molecule has 0 radical (unpaired) electrons. The summed E-state index contributed by atoms with van der Waals surface area (Å²) in [5, 5.41) is 0. The zero-order valence-electron chi connectivity index (χ0n) is 12.2. The van der Waals surface area contributed by atoms with E-state index in [4.69, 9.17) is 11.6 Å². The van der Waals surface area contributed by atoms with Crippen LogP contribution in [0.2, 0.25) is 4.34 Å². The van der Waals surface area contributed by atoms with Crippen LogP contribution in [0.15, 0.2) is 18.2 Å². The molecule has 0 amide bonds. The molecule has 0 aromatic carbocycles. The van der Waals surface area contributed by atoms with E-state index in [9.17, 15) is 4.79 Å². The molecule has 112 valence electrons. The van der Waals surface area contributed by atoms with Crippen LogP contribution in [0.3, 0.4) is 0 Å². The van der Waals surface area contributed by atoms with E-state index in [1.54, 1.807) is 23.1 Å². The Morgan fingerprint density at radius 3 is 2.81 bits per heavy atom. The summed E-state index contributed by atoms with van der Waals surface area (Å²) in [4.78, 5) is 13.6. The van der Waals surface area contributed by atoms with Gasteiger partial charge in [0.25, 0.3) is 0 Å².